The van der Waals surface area contributed by atoms with Crippen LogP contribution in [0.4, 0.5) is 4.79 Å². The Hall–Kier alpha value is -1.34. The molecule has 0 saturated carbocycles. The number of likely N-dealkylation sites (tertiary alicyclic amines) is 1. The number of likely N-dealkylation sites (N-methyl/N-ethyl adjacent to an activating group) is 1. The number of carbonyl (C=O) groups is 2. The lowest BCUT2D eigenvalue weighted by molar-refractivity contribution is -0.192. The first kappa shape index (κ1) is 17.0. The number of morpholine rings is 1. The van der Waals surface area contributed by atoms with Crippen molar-refractivity contribution < 1.29 is 24.2 Å². The Morgan fingerprint density at radius 3 is 2.36 bits per heavy atom. The monoisotopic (exact) mass is 314 g/mol. The van der Waals surface area contributed by atoms with Crippen molar-refractivity contribution in [1.29, 1.82) is 0 Å². The van der Waals surface area contributed by atoms with Gasteiger partial charge in [-0.1, -0.05) is 0 Å². The molecule has 0 unspecified atom stereocenters. The third-order valence-electron chi connectivity index (χ3n) is 4.03. The molecule has 0 bridgehead atoms. The molecule has 7 heteroatoms. The number of hydrogen-bond acceptors (Lipinski definition) is 5. The summed E-state index contributed by atoms with van der Waals surface area (Å²) >= 11 is 0. The summed E-state index contributed by atoms with van der Waals surface area (Å²) in [5.74, 6) is -0.930. The number of aliphatic carboxylic acids is 1. The Morgan fingerprint density at radius 1 is 1.27 bits per heavy atom. The minimum absolute atomic E-state index is 0.318. The van der Waals surface area contributed by atoms with E-state index >= 15 is 0 Å². The lowest BCUT2D eigenvalue weighted by Gasteiger charge is -2.48. The number of rotatable bonds is 1. The van der Waals surface area contributed by atoms with Gasteiger partial charge in [0.2, 0.25) is 0 Å². The Kier molecular flexibility index (Phi) is 4.67. The fraction of sp³-hybridized carbons (Fsp3) is 0.867. The number of piperidine rings is 1. The van der Waals surface area contributed by atoms with E-state index in [2.05, 4.69) is 0 Å². The van der Waals surface area contributed by atoms with Crippen molar-refractivity contribution in [2.45, 2.75) is 50.9 Å². The summed E-state index contributed by atoms with van der Waals surface area (Å²) in [6, 6.07) is 0. The van der Waals surface area contributed by atoms with Gasteiger partial charge < -0.3 is 24.4 Å². The van der Waals surface area contributed by atoms with E-state index < -0.39 is 23.3 Å². The minimum Gasteiger partial charge on any atom is -0.479 e. The zero-order chi connectivity index (χ0) is 16.5. The summed E-state index contributed by atoms with van der Waals surface area (Å²) < 4.78 is 11.2. The Labute approximate surface area is 131 Å². The predicted molar refractivity (Wildman–Crippen MR) is 79.8 cm³/mol. The van der Waals surface area contributed by atoms with Gasteiger partial charge in [0, 0.05) is 26.2 Å². The lowest BCUT2D eigenvalue weighted by atomic mass is 9.89. The van der Waals surface area contributed by atoms with Gasteiger partial charge in [0.15, 0.2) is 6.10 Å². The molecule has 22 heavy (non-hydrogen) atoms. The van der Waals surface area contributed by atoms with Crippen LogP contribution in [-0.4, -0.2) is 77.5 Å². The highest BCUT2D eigenvalue weighted by atomic mass is 16.6. The molecule has 2 heterocycles. The van der Waals surface area contributed by atoms with Gasteiger partial charge in [0.25, 0.3) is 0 Å². The van der Waals surface area contributed by atoms with E-state index in [1.54, 1.807) is 4.90 Å². The number of hydrogen-bond donors (Lipinski definition) is 1. The van der Waals surface area contributed by atoms with Crippen molar-refractivity contribution in [1.82, 2.24) is 9.80 Å². The molecule has 2 rings (SSSR count). The van der Waals surface area contributed by atoms with Crippen molar-refractivity contribution in [2.75, 3.05) is 33.2 Å². The van der Waals surface area contributed by atoms with Gasteiger partial charge in [0.1, 0.15) is 5.60 Å². The van der Waals surface area contributed by atoms with Crippen molar-refractivity contribution in [3.63, 3.8) is 0 Å². The summed E-state index contributed by atoms with van der Waals surface area (Å²) in [5.41, 5.74) is -0.989. The molecule has 126 valence electrons. The highest BCUT2D eigenvalue weighted by Gasteiger charge is 2.45. The summed E-state index contributed by atoms with van der Waals surface area (Å²) in [6.07, 6.45) is 0.133. The van der Waals surface area contributed by atoms with Gasteiger partial charge in [-0.2, -0.15) is 0 Å². The van der Waals surface area contributed by atoms with Crippen LogP contribution in [0.5, 0.6) is 0 Å². The molecular formula is C15H26N2O5. The number of nitrogens with zero attached hydrogens (tertiary/aromatic N) is 2. The summed E-state index contributed by atoms with van der Waals surface area (Å²) in [6.45, 7) is 7.66. The van der Waals surface area contributed by atoms with Crippen LogP contribution in [0.3, 0.4) is 0 Å². The number of ether oxygens (including phenoxy) is 2. The maximum atomic E-state index is 12.1. The Balaban J connectivity index is 1.95. The third kappa shape index (κ3) is 4.10. The first-order valence-electron chi connectivity index (χ1n) is 7.67. The van der Waals surface area contributed by atoms with Gasteiger partial charge in [-0.3, -0.25) is 0 Å². The quantitative estimate of drug-likeness (QED) is 0.783. The summed E-state index contributed by atoms with van der Waals surface area (Å²) in [4.78, 5) is 27.0. The summed E-state index contributed by atoms with van der Waals surface area (Å²) in [5, 5.41) is 9.20. The van der Waals surface area contributed by atoms with Crippen LogP contribution in [-0.2, 0) is 14.3 Å². The lowest BCUT2D eigenvalue weighted by Crippen LogP contribution is -2.60. The molecule has 1 N–H and O–H groups in total. The SMILES string of the molecule is CN1C[C@H](C(=O)O)OC2(CCN(C(=O)OC(C)(C)C)CC2)C1. The van der Waals surface area contributed by atoms with E-state index in [-0.39, 0.29) is 6.09 Å². The van der Waals surface area contributed by atoms with Gasteiger partial charge in [-0.05, 0) is 40.7 Å². The van der Waals surface area contributed by atoms with Gasteiger partial charge >= 0.3 is 12.1 Å². The van der Waals surface area contributed by atoms with Crippen molar-refractivity contribution in [3.05, 3.63) is 0 Å². The molecule has 2 saturated heterocycles. The van der Waals surface area contributed by atoms with Crippen LogP contribution in [0.15, 0.2) is 0 Å². The molecule has 1 spiro atoms. The smallest absolute Gasteiger partial charge is 0.410 e. The van der Waals surface area contributed by atoms with Crippen LogP contribution in [0, 0.1) is 0 Å². The van der Waals surface area contributed by atoms with Crippen LogP contribution < -0.4 is 0 Å². The molecule has 0 aliphatic carbocycles. The first-order chi connectivity index (χ1) is 10.1. The van der Waals surface area contributed by atoms with Gasteiger partial charge in [-0.15, -0.1) is 0 Å². The summed E-state index contributed by atoms with van der Waals surface area (Å²) in [7, 11) is 1.90. The Morgan fingerprint density at radius 2 is 1.86 bits per heavy atom. The molecule has 0 radical (unpaired) electrons. The number of carbonyl (C=O) groups excluding carboxylic acids is 1. The van der Waals surface area contributed by atoms with Gasteiger partial charge in [0.05, 0.1) is 5.60 Å². The average Bonchev–Trinajstić information content (AvgIpc) is 2.36. The zero-order valence-electron chi connectivity index (χ0n) is 13.8. The largest absolute Gasteiger partial charge is 0.479 e. The van der Waals surface area contributed by atoms with E-state index in [1.807, 2.05) is 32.7 Å². The second-order valence-corrected chi connectivity index (χ2v) is 7.29. The molecule has 2 aliphatic rings. The fourth-order valence-corrected chi connectivity index (χ4v) is 3.04. The molecule has 7 nitrogen and oxygen atoms in total. The zero-order valence-corrected chi connectivity index (χ0v) is 13.8. The van der Waals surface area contributed by atoms with E-state index in [9.17, 15) is 14.7 Å². The average molecular weight is 314 g/mol. The second-order valence-electron chi connectivity index (χ2n) is 7.29. The van der Waals surface area contributed by atoms with Gasteiger partial charge in [-0.25, -0.2) is 9.59 Å². The first-order valence-corrected chi connectivity index (χ1v) is 7.67. The van der Waals surface area contributed by atoms with Crippen molar-refractivity contribution in [3.8, 4) is 0 Å². The van der Waals surface area contributed by atoms with Crippen LogP contribution in [0.1, 0.15) is 33.6 Å². The van der Waals surface area contributed by atoms with Crippen LogP contribution >= 0.6 is 0 Å². The third-order valence-corrected chi connectivity index (χ3v) is 4.03. The molecule has 0 aromatic heterocycles. The Bertz CT molecular complexity index is 438. The standard InChI is InChI=1S/C15H26N2O5/c1-14(2,3)22-13(20)17-7-5-15(6-8-17)10-16(4)9-11(21-15)12(18)19/h11H,5-10H2,1-4H3,(H,18,19)/t11-/m1/s1. The molecule has 2 aliphatic heterocycles. The van der Waals surface area contributed by atoms with E-state index in [1.165, 1.54) is 0 Å². The van der Waals surface area contributed by atoms with Crippen LogP contribution in [0.2, 0.25) is 0 Å². The van der Waals surface area contributed by atoms with E-state index in [0.717, 1.165) is 0 Å². The normalized spacial score (nSPS) is 26.0. The highest BCUT2D eigenvalue weighted by molar-refractivity contribution is 5.73. The van der Waals surface area contributed by atoms with Crippen LogP contribution in [0.25, 0.3) is 0 Å². The molecular weight excluding hydrogens is 288 g/mol. The second kappa shape index (κ2) is 6.04. The molecule has 0 aromatic rings. The van der Waals surface area contributed by atoms with Crippen molar-refractivity contribution >= 4 is 12.1 Å². The number of carboxylic acid groups (broad SMARTS) is 1. The fourth-order valence-electron chi connectivity index (χ4n) is 3.04. The minimum atomic E-state index is -0.930. The predicted octanol–water partition coefficient (Wildman–Crippen LogP) is 1.17. The highest BCUT2D eigenvalue weighted by Crippen LogP contribution is 2.32. The molecule has 0 aromatic carbocycles. The molecule has 2 fully saturated rings. The van der Waals surface area contributed by atoms with Crippen molar-refractivity contribution in [2.24, 2.45) is 0 Å². The van der Waals surface area contributed by atoms with E-state index in [4.69, 9.17) is 9.47 Å². The van der Waals surface area contributed by atoms with E-state index in [0.29, 0.717) is 39.0 Å². The maximum Gasteiger partial charge on any atom is 0.410 e. The molecule has 1 amide bonds. The maximum absolute atomic E-state index is 12.1. The number of carboxylic acids is 1. The molecule has 1 atom stereocenters. The topological polar surface area (TPSA) is 79.3 Å². The number of amides is 1.